The zero-order valence-corrected chi connectivity index (χ0v) is 21.8. The highest BCUT2D eigenvalue weighted by atomic mass is 32.2. The quantitative estimate of drug-likeness (QED) is 0.185. The van der Waals surface area contributed by atoms with Crippen LogP contribution in [0.25, 0.3) is 16.8 Å². The normalized spacial score (nSPS) is 16.7. The van der Waals surface area contributed by atoms with Crippen molar-refractivity contribution in [3.05, 3.63) is 96.1 Å². The Balaban J connectivity index is 1.55. The molecule has 4 aromatic rings. The molecule has 12 nitrogen and oxygen atoms in total. The van der Waals surface area contributed by atoms with E-state index in [1.54, 1.807) is 54.6 Å². The largest absolute Gasteiger partial charge is 0.384 e. The molecule has 0 radical (unpaired) electrons. The van der Waals surface area contributed by atoms with Crippen LogP contribution in [0.4, 0.5) is 10.1 Å². The van der Waals surface area contributed by atoms with Crippen molar-refractivity contribution in [2.75, 3.05) is 11.6 Å². The molecule has 0 spiro atoms. The van der Waals surface area contributed by atoms with Crippen molar-refractivity contribution in [2.24, 2.45) is 5.73 Å². The summed E-state index contributed by atoms with van der Waals surface area (Å²) in [7, 11) is -4.04. The maximum atomic E-state index is 15.8. The van der Waals surface area contributed by atoms with Gasteiger partial charge in [0, 0.05) is 22.9 Å². The number of tetrazole rings is 1. The van der Waals surface area contributed by atoms with Gasteiger partial charge >= 0.3 is 0 Å². The van der Waals surface area contributed by atoms with Crippen LogP contribution < -0.4 is 16.5 Å². The lowest BCUT2D eigenvalue weighted by molar-refractivity contribution is -0.140. The predicted octanol–water partition coefficient (Wildman–Crippen LogP) is 2.12. The van der Waals surface area contributed by atoms with E-state index in [-0.39, 0.29) is 23.6 Å². The molecule has 40 heavy (non-hydrogen) atoms. The monoisotopic (exact) mass is 562 g/mol. The number of amidine groups is 1. The van der Waals surface area contributed by atoms with Crippen molar-refractivity contribution >= 4 is 33.0 Å². The number of sulfone groups is 1. The van der Waals surface area contributed by atoms with E-state index >= 15 is 4.39 Å². The molecule has 2 heterocycles. The van der Waals surface area contributed by atoms with Crippen LogP contribution in [0.15, 0.2) is 84.0 Å². The van der Waals surface area contributed by atoms with E-state index in [1.165, 1.54) is 29.2 Å². The molecular weight excluding hydrogens is 539 g/mol. The summed E-state index contributed by atoms with van der Waals surface area (Å²) in [6.07, 6.45) is 3.64. The third kappa shape index (κ3) is 5.17. The van der Waals surface area contributed by atoms with Gasteiger partial charge in [-0.2, -0.15) is 0 Å². The number of hydrogen-bond donors (Lipinski definition) is 4. The fraction of sp³-hybridized carbons (Fsp3) is 0.115. The van der Waals surface area contributed by atoms with E-state index in [2.05, 4.69) is 26.3 Å². The van der Waals surface area contributed by atoms with Gasteiger partial charge in [-0.25, -0.2) is 17.5 Å². The van der Waals surface area contributed by atoms with Gasteiger partial charge < -0.3 is 11.1 Å². The number of hydrogen-bond acceptors (Lipinski definition) is 9. The minimum atomic E-state index is -4.04. The summed E-state index contributed by atoms with van der Waals surface area (Å²) >= 11 is 0. The Kier molecular flexibility index (Phi) is 6.87. The zero-order valence-electron chi connectivity index (χ0n) is 21.0. The summed E-state index contributed by atoms with van der Waals surface area (Å²) in [5.41, 5.74) is 8.23. The highest BCUT2D eigenvalue weighted by Crippen LogP contribution is 2.35. The molecule has 0 saturated heterocycles. The van der Waals surface area contributed by atoms with Crippen molar-refractivity contribution in [1.29, 1.82) is 5.41 Å². The number of hydroxylamine groups is 1. The number of benzene rings is 3. The Labute approximate surface area is 228 Å². The first kappa shape index (κ1) is 26.6. The van der Waals surface area contributed by atoms with Gasteiger partial charge in [-0.05, 0) is 34.2 Å². The van der Waals surface area contributed by atoms with Crippen molar-refractivity contribution in [2.45, 2.75) is 17.0 Å². The second-order valence-corrected chi connectivity index (χ2v) is 11.0. The molecule has 1 aromatic heterocycles. The molecule has 1 aliphatic rings. The van der Waals surface area contributed by atoms with Crippen LogP contribution >= 0.6 is 0 Å². The molecule has 1 aliphatic heterocycles. The van der Waals surface area contributed by atoms with Crippen molar-refractivity contribution in [3.63, 3.8) is 0 Å². The number of halogens is 1. The van der Waals surface area contributed by atoms with Crippen LogP contribution in [0.2, 0.25) is 0 Å². The summed E-state index contributed by atoms with van der Waals surface area (Å²) < 4.78 is 42.3. The van der Waals surface area contributed by atoms with Crippen molar-refractivity contribution < 1.29 is 22.4 Å². The van der Waals surface area contributed by atoms with Crippen LogP contribution in [0, 0.1) is 11.2 Å². The minimum Gasteiger partial charge on any atom is -0.384 e. The lowest BCUT2D eigenvalue weighted by Gasteiger charge is -2.24. The van der Waals surface area contributed by atoms with E-state index < -0.39 is 32.1 Å². The van der Waals surface area contributed by atoms with Gasteiger partial charge in [-0.3, -0.25) is 20.5 Å². The lowest BCUT2D eigenvalue weighted by Crippen LogP contribution is -2.47. The first-order valence-corrected chi connectivity index (χ1v) is 13.7. The molecule has 0 fully saturated rings. The molecule has 204 valence electrons. The maximum absolute atomic E-state index is 15.8. The first-order chi connectivity index (χ1) is 19.1. The number of carbonyl (C=O) groups excluding carboxylic acids is 1. The number of rotatable bonds is 8. The highest BCUT2D eigenvalue weighted by molar-refractivity contribution is 7.90. The molecular formula is C26H23FN8O4S. The highest BCUT2D eigenvalue weighted by Gasteiger charge is 2.45. The Bertz CT molecular complexity index is 1740. The average molecular weight is 563 g/mol. The third-order valence-electron chi connectivity index (χ3n) is 6.18. The SMILES string of the molecule is CS(=O)(=O)c1c(-c2ccccc2)ccc(NC(=O)C2(Cn3cnnn3)C=C(c3cccc(C(=N)N)c3)NO2)c1F. The Hall–Kier alpha value is -4.95. The topological polar surface area (TPSA) is 178 Å². The molecule has 1 atom stereocenters. The van der Waals surface area contributed by atoms with Gasteiger partial charge in [-0.1, -0.05) is 54.6 Å². The maximum Gasteiger partial charge on any atom is 0.265 e. The first-order valence-electron chi connectivity index (χ1n) is 11.8. The fourth-order valence-corrected chi connectivity index (χ4v) is 5.30. The number of nitrogens with zero attached hydrogens (tertiary/aromatic N) is 4. The standard InChI is InChI=1S/C26H23FN8O4S/c1-40(37,38)23-19(16-6-3-2-4-7-16)10-11-20(22(23)27)31-25(36)26(14-35-15-30-33-34-35)13-21(32-39-26)17-8-5-9-18(12-17)24(28)29/h2-13,15,32H,14H2,1H3,(H3,28,29)(H,31,36). The Morgan fingerprint density at radius 2 is 1.90 bits per heavy atom. The van der Waals surface area contributed by atoms with Gasteiger partial charge in [0.25, 0.3) is 5.91 Å². The number of aromatic nitrogens is 4. The minimum absolute atomic E-state index is 0.143. The number of nitrogens with two attached hydrogens (primary N) is 1. The van der Waals surface area contributed by atoms with Crippen LogP contribution in [0.5, 0.6) is 0 Å². The molecule has 0 aliphatic carbocycles. The smallest absolute Gasteiger partial charge is 0.265 e. The van der Waals surface area contributed by atoms with Crippen LogP contribution in [0.3, 0.4) is 0 Å². The molecule has 1 unspecified atom stereocenters. The molecule has 0 saturated carbocycles. The summed E-state index contributed by atoms with van der Waals surface area (Å²) in [6, 6.07) is 17.9. The number of nitrogen functional groups attached to an aromatic ring is 1. The number of nitrogens with one attached hydrogen (secondary N) is 3. The average Bonchev–Trinajstić information content (AvgIpc) is 3.60. The van der Waals surface area contributed by atoms with Gasteiger partial charge in [0.2, 0.25) is 5.60 Å². The molecule has 5 N–H and O–H groups in total. The summed E-state index contributed by atoms with van der Waals surface area (Å²) in [5.74, 6) is -2.08. The van der Waals surface area contributed by atoms with E-state index in [4.69, 9.17) is 16.0 Å². The second kappa shape index (κ2) is 10.3. The van der Waals surface area contributed by atoms with Gasteiger partial charge in [-0.15, -0.1) is 5.10 Å². The second-order valence-electron chi connectivity index (χ2n) is 9.05. The van der Waals surface area contributed by atoms with Gasteiger partial charge in [0.05, 0.1) is 17.9 Å². The van der Waals surface area contributed by atoms with E-state index in [0.717, 1.165) is 6.26 Å². The van der Waals surface area contributed by atoms with Crippen molar-refractivity contribution in [3.8, 4) is 11.1 Å². The van der Waals surface area contributed by atoms with E-state index in [9.17, 15) is 13.2 Å². The van der Waals surface area contributed by atoms with E-state index in [0.29, 0.717) is 22.4 Å². The number of carbonyl (C=O) groups is 1. The molecule has 3 aromatic carbocycles. The van der Waals surface area contributed by atoms with Crippen LogP contribution in [-0.2, 0) is 26.0 Å². The Morgan fingerprint density at radius 1 is 1.15 bits per heavy atom. The van der Waals surface area contributed by atoms with Crippen LogP contribution in [0.1, 0.15) is 11.1 Å². The summed E-state index contributed by atoms with van der Waals surface area (Å²) in [5, 5.41) is 21.1. The van der Waals surface area contributed by atoms with E-state index in [1.807, 2.05) is 0 Å². The molecule has 0 bridgehead atoms. The number of anilines is 1. The Morgan fingerprint density at radius 3 is 2.58 bits per heavy atom. The summed E-state index contributed by atoms with van der Waals surface area (Å²) in [4.78, 5) is 18.9. The lowest BCUT2D eigenvalue weighted by atomic mass is 9.98. The molecule has 1 amide bonds. The van der Waals surface area contributed by atoms with Gasteiger partial charge in [0.1, 0.15) is 17.1 Å². The van der Waals surface area contributed by atoms with Crippen molar-refractivity contribution in [1.82, 2.24) is 25.7 Å². The van der Waals surface area contributed by atoms with Crippen LogP contribution in [-0.4, -0.2) is 52.2 Å². The molecule has 5 rings (SSSR count). The third-order valence-corrected chi connectivity index (χ3v) is 7.32. The number of amides is 1. The predicted molar refractivity (Wildman–Crippen MR) is 144 cm³/mol. The molecule has 14 heteroatoms. The zero-order chi connectivity index (χ0) is 28.5. The summed E-state index contributed by atoms with van der Waals surface area (Å²) in [6.45, 7) is -0.211. The fourth-order valence-electron chi connectivity index (χ4n) is 4.28. The van der Waals surface area contributed by atoms with Gasteiger partial charge in [0.15, 0.2) is 15.7 Å².